The Hall–Kier alpha value is -0.246. The molecule has 0 unspecified atom stereocenters. The molecule has 6 heteroatoms. The van der Waals surface area contributed by atoms with E-state index < -0.39 is 16.6 Å². The van der Waals surface area contributed by atoms with Crippen molar-refractivity contribution in [1.82, 2.24) is 9.80 Å². The average molecular weight is 453 g/mol. The second-order valence-electron chi connectivity index (χ2n) is 12.5. The quantitative estimate of drug-likeness (QED) is 0.475. The summed E-state index contributed by atoms with van der Waals surface area (Å²) < 4.78 is 13.0. The fraction of sp³-hybridized carbons (Fsp3) is 0.833. The first-order chi connectivity index (χ1) is 13.4. The van der Waals surface area contributed by atoms with Crippen molar-refractivity contribution < 1.29 is 8.85 Å². The fourth-order valence-corrected chi connectivity index (χ4v) is 5.43. The molecule has 0 aromatic carbocycles. The van der Waals surface area contributed by atoms with E-state index in [1.165, 1.54) is 11.1 Å². The maximum atomic E-state index is 6.52. The topological polar surface area (TPSA) is 24.9 Å². The van der Waals surface area contributed by atoms with Crippen LogP contribution in [0.25, 0.3) is 0 Å². The lowest BCUT2D eigenvalue weighted by atomic mass is 10.1. The molecule has 2 rings (SSSR count). The van der Waals surface area contributed by atoms with Crippen LogP contribution in [-0.2, 0) is 8.85 Å². The molecule has 0 aromatic heterocycles. The molecule has 30 heavy (non-hydrogen) atoms. The van der Waals surface area contributed by atoms with E-state index in [-0.39, 0.29) is 10.1 Å². The maximum absolute atomic E-state index is 6.52. The molecule has 4 nitrogen and oxygen atoms in total. The Morgan fingerprint density at radius 3 is 1.30 bits per heavy atom. The highest BCUT2D eigenvalue weighted by atomic mass is 28.4. The second kappa shape index (κ2) is 8.95. The molecule has 2 aliphatic heterocycles. The van der Waals surface area contributed by atoms with Crippen LogP contribution in [0.2, 0.25) is 36.3 Å². The molecular weight excluding hydrogens is 404 g/mol. The first-order valence-corrected chi connectivity index (χ1v) is 17.4. The molecule has 0 bridgehead atoms. The van der Waals surface area contributed by atoms with Crippen LogP contribution in [0.1, 0.15) is 41.5 Å². The average Bonchev–Trinajstić information content (AvgIpc) is 3.12. The fourth-order valence-electron chi connectivity index (χ4n) is 3.38. The van der Waals surface area contributed by atoms with E-state index in [0.717, 1.165) is 26.3 Å². The summed E-state index contributed by atoms with van der Waals surface area (Å²) in [5.74, 6) is 0. The predicted octanol–water partition coefficient (Wildman–Crippen LogP) is 5.51. The van der Waals surface area contributed by atoms with Crippen LogP contribution in [0.5, 0.6) is 0 Å². The predicted molar refractivity (Wildman–Crippen MR) is 135 cm³/mol. The van der Waals surface area contributed by atoms with Crippen molar-refractivity contribution in [3.8, 4) is 0 Å². The Bertz CT molecular complexity index is 614. The Morgan fingerprint density at radius 2 is 1.03 bits per heavy atom. The smallest absolute Gasteiger partial charge is 0.192 e. The van der Waals surface area contributed by atoms with Crippen molar-refractivity contribution in [2.24, 2.45) is 0 Å². The Balaban J connectivity index is 2.02. The lowest BCUT2D eigenvalue weighted by Gasteiger charge is -2.37. The van der Waals surface area contributed by atoms with Gasteiger partial charge in [-0.3, -0.25) is 9.80 Å². The van der Waals surface area contributed by atoms with Crippen LogP contribution in [-0.4, -0.2) is 78.9 Å². The lowest BCUT2D eigenvalue weighted by Crippen LogP contribution is -2.44. The molecule has 174 valence electrons. The molecule has 0 fully saturated rings. The number of hydrogen-bond donors (Lipinski definition) is 0. The minimum Gasteiger partial charge on any atom is -0.415 e. The monoisotopic (exact) mass is 452 g/mol. The van der Waals surface area contributed by atoms with E-state index >= 15 is 0 Å². The largest absolute Gasteiger partial charge is 0.415 e. The summed E-state index contributed by atoms with van der Waals surface area (Å²) in [7, 11) is 1.02. The number of nitrogens with zero attached hydrogens (tertiary/aromatic N) is 2. The third-order valence-electron chi connectivity index (χ3n) is 8.01. The van der Waals surface area contributed by atoms with Gasteiger partial charge in [-0.1, -0.05) is 53.7 Å². The van der Waals surface area contributed by atoms with Gasteiger partial charge in [-0.25, -0.2) is 0 Å². The zero-order valence-corrected chi connectivity index (χ0v) is 23.8. The number of rotatable bonds is 7. The van der Waals surface area contributed by atoms with E-state index in [1.54, 1.807) is 0 Å². The maximum Gasteiger partial charge on any atom is 0.192 e. The van der Waals surface area contributed by atoms with E-state index in [9.17, 15) is 0 Å². The van der Waals surface area contributed by atoms with Crippen molar-refractivity contribution in [2.45, 2.75) is 89.9 Å². The first kappa shape index (κ1) is 26.0. The molecule has 0 radical (unpaired) electrons. The van der Waals surface area contributed by atoms with Crippen molar-refractivity contribution in [3.05, 3.63) is 23.3 Å². The van der Waals surface area contributed by atoms with Gasteiger partial charge in [0.25, 0.3) is 0 Å². The van der Waals surface area contributed by atoms with Gasteiger partial charge >= 0.3 is 0 Å². The molecule has 0 aliphatic carbocycles. The summed E-state index contributed by atoms with van der Waals surface area (Å²) in [5, 5.41) is 0.509. The molecule has 0 spiro atoms. The third-order valence-corrected chi connectivity index (χ3v) is 17.0. The molecular formula is C24H48N2O2Si2. The van der Waals surface area contributed by atoms with Crippen LogP contribution >= 0.6 is 0 Å². The number of hydrogen-bond acceptors (Lipinski definition) is 4. The molecule has 2 heterocycles. The molecule has 0 N–H and O–H groups in total. The molecule has 2 atom stereocenters. The van der Waals surface area contributed by atoms with Crippen molar-refractivity contribution in [3.63, 3.8) is 0 Å². The van der Waals surface area contributed by atoms with Gasteiger partial charge in [0.1, 0.15) is 0 Å². The van der Waals surface area contributed by atoms with Crippen LogP contribution in [0.4, 0.5) is 0 Å². The molecule has 0 amide bonds. The highest BCUT2D eigenvalue weighted by Gasteiger charge is 2.40. The first-order valence-electron chi connectivity index (χ1n) is 11.5. The molecule has 0 saturated carbocycles. The lowest BCUT2D eigenvalue weighted by molar-refractivity contribution is 0.199. The van der Waals surface area contributed by atoms with Gasteiger partial charge in [0.2, 0.25) is 0 Å². The van der Waals surface area contributed by atoms with Gasteiger partial charge in [-0.05, 0) is 61.5 Å². The highest BCUT2D eigenvalue weighted by Crippen LogP contribution is 2.38. The Kier molecular flexibility index (Phi) is 7.76. The van der Waals surface area contributed by atoms with E-state index in [1.807, 2.05) is 0 Å². The minimum absolute atomic E-state index is 0.255. The Morgan fingerprint density at radius 1 is 0.733 bits per heavy atom. The van der Waals surface area contributed by atoms with Crippen molar-refractivity contribution in [1.29, 1.82) is 0 Å². The van der Waals surface area contributed by atoms with Crippen molar-refractivity contribution >= 4 is 16.6 Å². The molecule has 2 aliphatic rings. The van der Waals surface area contributed by atoms with Crippen LogP contribution < -0.4 is 0 Å². The summed E-state index contributed by atoms with van der Waals surface area (Å²) >= 11 is 0. The van der Waals surface area contributed by atoms with Gasteiger partial charge in [-0.15, -0.1) is 0 Å². The Labute approximate surface area is 188 Å². The zero-order valence-electron chi connectivity index (χ0n) is 21.8. The molecule has 0 saturated heterocycles. The van der Waals surface area contributed by atoms with E-state index in [4.69, 9.17) is 8.85 Å². The minimum atomic E-state index is -1.71. The SMILES string of the molecule is CN1CC(C2=C[C@@H](CO[Si](C)(C)C(C)(C)C)N(C)C2)=C[C@H]1CO[Si](C)(C)C(C)(C)C. The zero-order chi connectivity index (χ0) is 23.1. The summed E-state index contributed by atoms with van der Waals surface area (Å²) in [6.45, 7) is 26.9. The van der Waals surface area contributed by atoms with Gasteiger partial charge in [0.05, 0.1) is 25.3 Å². The van der Waals surface area contributed by atoms with Gasteiger partial charge in [0, 0.05) is 13.1 Å². The highest BCUT2D eigenvalue weighted by molar-refractivity contribution is 6.74. The van der Waals surface area contributed by atoms with Crippen LogP contribution in [0, 0.1) is 0 Å². The summed E-state index contributed by atoms with van der Waals surface area (Å²) in [6, 6.07) is 0.755. The van der Waals surface area contributed by atoms with Gasteiger partial charge in [0.15, 0.2) is 16.6 Å². The normalized spacial score (nSPS) is 25.1. The molecule has 0 aromatic rings. The standard InChI is InChI=1S/C24H48N2O2Si2/c1-23(2,3)29(9,10)27-17-21-13-19(15-25(21)7)20-14-22(26(8)16-20)18-28-30(11,12)24(4,5)6/h13-14,21-22H,15-18H2,1-12H3/t21-,22-/m0/s1. The summed E-state index contributed by atoms with van der Waals surface area (Å²) in [5.41, 5.74) is 2.95. The summed E-state index contributed by atoms with van der Waals surface area (Å²) in [6.07, 6.45) is 4.90. The van der Waals surface area contributed by atoms with Gasteiger partial charge < -0.3 is 8.85 Å². The van der Waals surface area contributed by atoms with Crippen LogP contribution in [0.3, 0.4) is 0 Å². The second-order valence-corrected chi connectivity index (χ2v) is 22.1. The number of likely N-dealkylation sites (N-methyl/N-ethyl adjacent to an activating group) is 2. The summed E-state index contributed by atoms with van der Waals surface area (Å²) in [4.78, 5) is 4.87. The third kappa shape index (κ3) is 5.96. The van der Waals surface area contributed by atoms with Crippen LogP contribution in [0.15, 0.2) is 23.3 Å². The van der Waals surface area contributed by atoms with E-state index in [0.29, 0.717) is 12.1 Å². The van der Waals surface area contributed by atoms with Gasteiger partial charge in [-0.2, -0.15) is 0 Å². The van der Waals surface area contributed by atoms with E-state index in [2.05, 4.69) is 104 Å². The van der Waals surface area contributed by atoms with Crippen molar-refractivity contribution in [2.75, 3.05) is 40.4 Å².